The topological polar surface area (TPSA) is 51.5 Å². The number of carbonyl (C=O) groups is 2. The third kappa shape index (κ3) is 2.71. The van der Waals surface area contributed by atoms with Crippen LogP contribution < -0.4 is 0 Å². The van der Waals surface area contributed by atoms with Gasteiger partial charge in [-0.3, -0.25) is 4.79 Å². The van der Waals surface area contributed by atoms with E-state index in [9.17, 15) is 9.59 Å². The lowest BCUT2D eigenvalue weighted by Crippen LogP contribution is -2.35. The molecule has 0 aliphatic heterocycles. The molecule has 0 bridgehead atoms. The number of hydrogen-bond acceptors (Lipinski definition) is 3. The van der Waals surface area contributed by atoms with E-state index >= 15 is 0 Å². The second-order valence-corrected chi connectivity index (χ2v) is 5.15. The Morgan fingerprint density at radius 1 is 1.23 bits per heavy atom. The van der Waals surface area contributed by atoms with Crippen molar-refractivity contribution in [2.24, 2.45) is 0 Å². The highest BCUT2D eigenvalue weighted by atomic mass is 16.5. The van der Waals surface area contributed by atoms with E-state index in [-0.39, 0.29) is 11.9 Å². The third-order valence-electron chi connectivity index (χ3n) is 4.00. The molecule has 0 radical (unpaired) electrons. The summed E-state index contributed by atoms with van der Waals surface area (Å²) < 4.78 is 6.69. The van der Waals surface area contributed by atoms with Gasteiger partial charge in [0, 0.05) is 30.2 Å². The Morgan fingerprint density at radius 3 is 2.45 bits per heavy atom. The van der Waals surface area contributed by atoms with Gasteiger partial charge in [-0.25, -0.2) is 4.79 Å². The van der Waals surface area contributed by atoms with Gasteiger partial charge in [0.05, 0.1) is 12.7 Å². The summed E-state index contributed by atoms with van der Waals surface area (Å²) in [5, 5.41) is 0.800. The lowest BCUT2D eigenvalue weighted by molar-refractivity contribution is -0.133. The summed E-state index contributed by atoms with van der Waals surface area (Å²) in [7, 11) is 1.36. The fraction of sp³-hybridized carbons (Fsp3) is 0.412. The predicted octanol–water partition coefficient (Wildman–Crippen LogP) is 2.86. The SMILES string of the molecule is CCN(CC)C(=O)[C@H](C)n1cc(C(=O)OC)c2ccccc21. The Morgan fingerprint density at radius 2 is 1.86 bits per heavy atom. The Kier molecular flexibility index (Phi) is 4.85. The molecule has 1 atom stereocenters. The number of fused-ring (bicyclic) bond motifs is 1. The minimum absolute atomic E-state index is 0.0437. The molecular formula is C17H22N2O3. The Balaban J connectivity index is 2.51. The normalized spacial score (nSPS) is 12.2. The van der Waals surface area contributed by atoms with E-state index in [1.54, 1.807) is 11.1 Å². The van der Waals surface area contributed by atoms with Crippen molar-refractivity contribution in [2.45, 2.75) is 26.8 Å². The molecule has 1 aromatic heterocycles. The average Bonchev–Trinajstić information content (AvgIpc) is 2.94. The molecule has 0 aliphatic rings. The van der Waals surface area contributed by atoms with Crippen molar-refractivity contribution in [2.75, 3.05) is 20.2 Å². The lowest BCUT2D eigenvalue weighted by Gasteiger charge is -2.24. The van der Waals surface area contributed by atoms with Crippen LogP contribution in [0.5, 0.6) is 0 Å². The molecule has 0 spiro atoms. The van der Waals surface area contributed by atoms with Crippen molar-refractivity contribution < 1.29 is 14.3 Å². The zero-order valence-corrected chi connectivity index (χ0v) is 13.5. The molecule has 2 aromatic rings. The van der Waals surface area contributed by atoms with Gasteiger partial charge in [0.25, 0.3) is 0 Å². The molecule has 118 valence electrons. The Hall–Kier alpha value is -2.30. The van der Waals surface area contributed by atoms with Crippen molar-refractivity contribution in [3.05, 3.63) is 36.0 Å². The number of carbonyl (C=O) groups excluding carboxylic acids is 2. The van der Waals surface area contributed by atoms with Crippen molar-refractivity contribution in [1.82, 2.24) is 9.47 Å². The fourth-order valence-corrected chi connectivity index (χ4v) is 2.72. The van der Waals surface area contributed by atoms with Gasteiger partial charge in [-0.05, 0) is 26.8 Å². The molecule has 1 aromatic carbocycles. The van der Waals surface area contributed by atoms with Gasteiger partial charge >= 0.3 is 5.97 Å². The fourth-order valence-electron chi connectivity index (χ4n) is 2.72. The summed E-state index contributed by atoms with van der Waals surface area (Å²) in [6, 6.07) is 7.17. The molecule has 22 heavy (non-hydrogen) atoms. The molecule has 0 saturated heterocycles. The van der Waals surface area contributed by atoms with E-state index in [1.165, 1.54) is 7.11 Å². The summed E-state index contributed by atoms with van der Waals surface area (Å²) in [6.07, 6.45) is 1.71. The molecule has 5 heteroatoms. The molecule has 5 nitrogen and oxygen atoms in total. The number of likely N-dealkylation sites (N-methyl/N-ethyl adjacent to an activating group) is 1. The second kappa shape index (κ2) is 6.64. The predicted molar refractivity (Wildman–Crippen MR) is 85.9 cm³/mol. The summed E-state index contributed by atoms with van der Waals surface area (Å²) >= 11 is 0. The van der Waals surface area contributed by atoms with Crippen LogP contribution in [-0.4, -0.2) is 41.5 Å². The second-order valence-electron chi connectivity index (χ2n) is 5.15. The van der Waals surface area contributed by atoms with E-state index in [4.69, 9.17) is 4.74 Å². The standard InChI is InChI=1S/C17H22N2O3/c1-5-18(6-2)16(20)12(3)19-11-14(17(21)22-4)13-9-7-8-10-15(13)19/h7-12H,5-6H2,1-4H3/t12-/m0/s1. The van der Waals surface area contributed by atoms with Crippen LogP contribution >= 0.6 is 0 Å². The molecule has 0 N–H and O–H groups in total. The number of hydrogen-bond donors (Lipinski definition) is 0. The summed E-state index contributed by atoms with van der Waals surface area (Å²) in [6.45, 7) is 7.11. The number of nitrogens with zero attached hydrogens (tertiary/aromatic N) is 2. The van der Waals surface area contributed by atoms with Crippen LogP contribution in [0.3, 0.4) is 0 Å². The van der Waals surface area contributed by atoms with Crippen LogP contribution in [0.1, 0.15) is 37.2 Å². The van der Waals surface area contributed by atoms with Crippen LogP contribution in [0.25, 0.3) is 10.9 Å². The van der Waals surface area contributed by atoms with E-state index in [0.717, 1.165) is 10.9 Å². The molecular weight excluding hydrogens is 280 g/mol. The monoisotopic (exact) mass is 302 g/mol. The zero-order chi connectivity index (χ0) is 16.3. The average molecular weight is 302 g/mol. The highest BCUT2D eigenvalue weighted by Crippen LogP contribution is 2.26. The van der Waals surface area contributed by atoms with Crippen molar-refractivity contribution >= 4 is 22.8 Å². The summed E-state index contributed by atoms with van der Waals surface area (Å²) in [4.78, 5) is 26.3. The number of esters is 1. The van der Waals surface area contributed by atoms with E-state index < -0.39 is 5.97 Å². The van der Waals surface area contributed by atoms with Gasteiger partial charge in [0.15, 0.2) is 0 Å². The maximum atomic E-state index is 12.6. The highest BCUT2D eigenvalue weighted by molar-refractivity contribution is 6.04. The highest BCUT2D eigenvalue weighted by Gasteiger charge is 2.24. The largest absolute Gasteiger partial charge is 0.465 e. The third-order valence-corrected chi connectivity index (χ3v) is 4.00. The first-order chi connectivity index (χ1) is 10.5. The first-order valence-electron chi connectivity index (χ1n) is 7.51. The van der Waals surface area contributed by atoms with Gasteiger partial charge < -0.3 is 14.2 Å². The number of benzene rings is 1. The lowest BCUT2D eigenvalue weighted by atomic mass is 10.2. The molecule has 0 unspecified atom stereocenters. The Labute approximate surface area is 130 Å². The van der Waals surface area contributed by atoms with Crippen LogP contribution in [0, 0.1) is 0 Å². The molecule has 0 aliphatic carbocycles. The smallest absolute Gasteiger partial charge is 0.340 e. The summed E-state index contributed by atoms with van der Waals surface area (Å²) in [5.74, 6) is -0.348. The minimum Gasteiger partial charge on any atom is -0.465 e. The van der Waals surface area contributed by atoms with Gasteiger partial charge in [-0.15, -0.1) is 0 Å². The van der Waals surface area contributed by atoms with E-state index in [2.05, 4.69) is 0 Å². The molecule has 1 heterocycles. The molecule has 1 amide bonds. The van der Waals surface area contributed by atoms with Gasteiger partial charge in [-0.2, -0.15) is 0 Å². The van der Waals surface area contributed by atoms with E-state index in [1.807, 2.05) is 49.6 Å². The van der Waals surface area contributed by atoms with Crippen LogP contribution in [0.4, 0.5) is 0 Å². The molecule has 2 rings (SSSR count). The van der Waals surface area contributed by atoms with Crippen LogP contribution in [0.15, 0.2) is 30.5 Å². The van der Waals surface area contributed by atoms with Crippen molar-refractivity contribution in [3.8, 4) is 0 Å². The number of para-hydroxylation sites is 1. The van der Waals surface area contributed by atoms with Gasteiger partial charge in [0.1, 0.15) is 6.04 Å². The number of rotatable bonds is 5. The quantitative estimate of drug-likeness (QED) is 0.798. The number of amides is 1. The molecule has 0 saturated carbocycles. The van der Waals surface area contributed by atoms with Crippen molar-refractivity contribution in [1.29, 1.82) is 0 Å². The molecule has 0 fully saturated rings. The zero-order valence-electron chi connectivity index (χ0n) is 13.5. The Bertz CT molecular complexity index is 686. The van der Waals surface area contributed by atoms with Crippen LogP contribution in [0.2, 0.25) is 0 Å². The number of methoxy groups -OCH3 is 1. The summed E-state index contributed by atoms with van der Waals surface area (Å²) in [5.41, 5.74) is 1.34. The maximum Gasteiger partial charge on any atom is 0.340 e. The minimum atomic E-state index is -0.391. The number of aromatic nitrogens is 1. The first-order valence-corrected chi connectivity index (χ1v) is 7.51. The van der Waals surface area contributed by atoms with Crippen molar-refractivity contribution in [3.63, 3.8) is 0 Å². The maximum absolute atomic E-state index is 12.6. The number of ether oxygens (including phenoxy) is 1. The van der Waals surface area contributed by atoms with E-state index in [0.29, 0.717) is 18.7 Å². The first kappa shape index (κ1) is 16.1. The van der Waals surface area contributed by atoms with Gasteiger partial charge in [0.2, 0.25) is 5.91 Å². The van der Waals surface area contributed by atoms with Gasteiger partial charge in [-0.1, -0.05) is 18.2 Å². The van der Waals surface area contributed by atoms with Crippen LogP contribution in [-0.2, 0) is 9.53 Å².